The van der Waals surface area contributed by atoms with Crippen LogP contribution in [0.25, 0.3) is 0 Å². The molecule has 4 heteroatoms. The number of carbonyl (C=O) groups is 2. The predicted molar refractivity (Wildman–Crippen MR) is 82.8 cm³/mol. The maximum atomic E-state index is 12.6. The van der Waals surface area contributed by atoms with Crippen LogP contribution in [0.1, 0.15) is 39.3 Å². The van der Waals surface area contributed by atoms with Crippen LogP contribution in [-0.4, -0.2) is 29.7 Å². The van der Waals surface area contributed by atoms with Crippen molar-refractivity contribution in [3.05, 3.63) is 59.5 Å². The van der Waals surface area contributed by atoms with Crippen LogP contribution in [0.4, 0.5) is 0 Å². The van der Waals surface area contributed by atoms with Gasteiger partial charge in [0.25, 0.3) is 5.91 Å². The van der Waals surface area contributed by atoms with Crippen molar-refractivity contribution in [1.29, 1.82) is 0 Å². The lowest BCUT2D eigenvalue weighted by molar-refractivity contribution is 0.0610. The third-order valence-corrected chi connectivity index (χ3v) is 4.15. The highest BCUT2D eigenvalue weighted by Gasteiger charge is 2.30. The third-order valence-electron chi connectivity index (χ3n) is 4.15. The third kappa shape index (κ3) is 2.96. The molecule has 3 rings (SSSR count). The van der Waals surface area contributed by atoms with E-state index < -0.39 is 0 Å². The van der Waals surface area contributed by atoms with E-state index in [1.807, 2.05) is 31.2 Å². The number of carbonyl (C=O) groups excluding carboxylic acids is 2. The number of hydrogen-bond acceptors (Lipinski definition) is 3. The highest BCUT2D eigenvalue weighted by molar-refractivity contribution is 5.99. The molecule has 1 aromatic carbocycles. The van der Waals surface area contributed by atoms with E-state index in [0.29, 0.717) is 18.8 Å². The summed E-state index contributed by atoms with van der Waals surface area (Å²) >= 11 is 0. The van der Waals surface area contributed by atoms with E-state index >= 15 is 0 Å². The topological polar surface area (TPSA) is 50.5 Å². The minimum atomic E-state index is -0.133. The zero-order valence-electron chi connectivity index (χ0n) is 12.6. The molecule has 1 aromatic heterocycles. The molecule has 1 fully saturated rings. The summed E-state index contributed by atoms with van der Waals surface area (Å²) in [5, 5.41) is 0. The van der Waals surface area contributed by atoms with E-state index in [-0.39, 0.29) is 17.6 Å². The first-order valence-electron chi connectivity index (χ1n) is 7.59. The van der Waals surface area contributed by atoms with Crippen LogP contribution in [-0.2, 0) is 0 Å². The maximum Gasteiger partial charge on any atom is 0.289 e. The molecule has 4 nitrogen and oxygen atoms in total. The first-order chi connectivity index (χ1) is 10.6. The number of benzene rings is 1. The molecule has 0 spiro atoms. The number of likely N-dealkylation sites (tertiary alicyclic amines) is 1. The van der Waals surface area contributed by atoms with Crippen molar-refractivity contribution in [2.24, 2.45) is 5.92 Å². The van der Waals surface area contributed by atoms with Crippen molar-refractivity contribution in [1.82, 2.24) is 4.90 Å². The lowest BCUT2D eigenvalue weighted by atomic mass is 9.89. The number of ketones is 1. The lowest BCUT2D eigenvalue weighted by Gasteiger charge is -2.31. The average Bonchev–Trinajstić information content (AvgIpc) is 3.09. The van der Waals surface area contributed by atoms with Gasteiger partial charge in [-0.15, -0.1) is 0 Å². The Bertz CT molecular complexity index is 658. The minimum absolute atomic E-state index is 0.122. The summed E-state index contributed by atoms with van der Waals surface area (Å²) in [6.45, 7) is 3.14. The smallest absolute Gasteiger partial charge is 0.289 e. The summed E-state index contributed by atoms with van der Waals surface area (Å²) in [7, 11) is 0. The van der Waals surface area contributed by atoms with Crippen molar-refractivity contribution in [2.75, 3.05) is 13.1 Å². The van der Waals surface area contributed by atoms with E-state index in [9.17, 15) is 9.59 Å². The Labute approximate surface area is 129 Å². The Morgan fingerprint density at radius 1 is 1.18 bits per heavy atom. The van der Waals surface area contributed by atoms with E-state index in [2.05, 4.69) is 0 Å². The number of hydrogen-bond donors (Lipinski definition) is 0. The maximum absolute atomic E-state index is 12.6. The van der Waals surface area contributed by atoms with Crippen molar-refractivity contribution >= 4 is 11.7 Å². The largest absolute Gasteiger partial charge is 0.459 e. The Hall–Kier alpha value is -2.36. The van der Waals surface area contributed by atoms with Crippen molar-refractivity contribution < 1.29 is 14.0 Å². The number of piperidine rings is 1. The van der Waals surface area contributed by atoms with Crippen LogP contribution in [0.2, 0.25) is 0 Å². The summed E-state index contributed by atoms with van der Waals surface area (Å²) < 4.78 is 5.17. The average molecular weight is 297 g/mol. The number of nitrogens with zero attached hydrogens (tertiary/aromatic N) is 1. The molecular formula is C18H19NO3. The monoisotopic (exact) mass is 297 g/mol. The van der Waals surface area contributed by atoms with Gasteiger partial charge in [-0.3, -0.25) is 9.59 Å². The minimum Gasteiger partial charge on any atom is -0.459 e. The fourth-order valence-electron chi connectivity index (χ4n) is 2.89. The molecule has 1 atom stereocenters. The first-order valence-corrected chi connectivity index (χ1v) is 7.59. The SMILES string of the molecule is Cc1ccc(C(=O)C2CCCN(C(=O)c3ccco3)C2)cc1. The predicted octanol–water partition coefficient (Wildman–Crippen LogP) is 3.32. The van der Waals surface area contributed by atoms with Gasteiger partial charge in [-0.1, -0.05) is 29.8 Å². The number of rotatable bonds is 3. The van der Waals surface area contributed by atoms with Gasteiger partial charge < -0.3 is 9.32 Å². The van der Waals surface area contributed by atoms with Crippen LogP contribution >= 0.6 is 0 Å². The molecule has 0 radical (unpaired) electrons. The summed E-state index contributed by atoms with van der Waals surface area (Å²) in [6, 6.07) is 11.0. The van der Waals surface area contributed by atoms with E-state index in [1.165, 1.54) is 6.26 Å². The molecule has 0 bridgehead atoms. The summed E-state index contributed by atoms with van der Waals surface area (Å²) in [4.78, 5) is 26.7. The quantitative estimate of drug-likeness (QED) is 0.817. The molecule has 2 heterocycles. The van der Waals surface area contributed by atoms with Crippen molar-refractivity contribution in [3.8, 4) is 0 Å². The van der Waals surface area contributed by atoms with Crippen LogP contribution in [0.3, 0.4) is 0 Å². The molecule has 1 unspecified atom stereocenters. The van der Waals surface area contributed by atoms with Crippen molar-refractivity contribution in [2.45, 2.75) is 19.8 Å². The molecule has 2 aromatic rings. The summed E-state index contributed by atoms with van der Waals surface area (Å²) in [5.74, 6) is 0.196. The first kappa shape index (κ1) is 14.6. The molecule has 22 heavy (non-hydrogen) atoms. The zero-order valence-corrected chi connectivity index (χ0v) is 12.6. The van der Waals surface area contributed by atoms with E-state index in [1.54, 1.807) is 17.0 Å². The second-order valence-electron chi connectivity index (χ2n) is 5.80. The van der Waals surface area contributed by atoms with Gasteiger partial charge in [-0.2, -0.15) is 0 Å². The molecule has 114 valence electrons. The molecule has 0 saturated carbocycles. The van der Waals surface area contributed by atoms with Gasteiger partial charge >= 0.3 is 0 Å². The Morgan fingerprint density at radius 3 is 2.64 bits per heavy atom. The van der Waals surface area contributed by atoms with Gasteiger partial charge in [-0.05, 0) is 31.9 Å². The van der Waals surface area contributed by atoms with Gasteiger partial charge in [0.2, 0.25) is 0 Å². The molecular weight excluding hydrogens is 278 g/mol. The number of furan rings is 1. The van der Waals surface area contributed by atoms with Crippen LogP contribution in [0.5, 0.6) is 0 Å². The van der Waals surface area contributed by atoms with Gasteiger partial charge in [0.1, 0.15) is 0 Å². The Balaban J connectivity index is 1.71. The zero-order chi connectivity index (χ0) is 15.5. The second-order valence-corrected chi connectivity index (χ2v) is 5.80. The fourth-order valence-corrected chi connectivity index (χ4v) is 2.89. The van der Waals surface area contributed by atoms with Gasteiger partial charge in [-0.25, -0.2) is 0 Å². The summed E-state index contributed by atoms with van der Waals surface area (Å²) in [5.41, 5.74) is 1.86. The van der Waals surface area contributed by atoms with Gasteiger partial charge in [0.05, 0.1) is 6.26 Å². The van der Waals surface area contributed by atoms with E-state index in [4.69, 9.17) is 4.42 Å². The molecule has 1 saturated heterocycles. The number of Topliss-reactive ketones (excluding diaryl/α,β-unsaturated/α-hetero) is 1. The Morgan fingerprint density at radius 2 is 1.95 bits per heavy atom. The standard InChI is InChI=1S/C18H19NO3/c1-13-6-8-14(9-7-13)17(20)15-4-2-10-19(12-15)18(21)16-5-3-11-22-16/h3,5-9,11,15H,2,4,10,12H2,1H3. The molecule has 1 aliphatic rings. The Kier molecular flexibility index (Phi) is 4.09. The molecule has 1 amide bonds. The highest BCUT2D eigenvalue weighted by Crippen LogP contribution is 2.22. The molecule has 1 aliphatic heterocycles. The molecule has 0 aliphatic carbocycles. The van der Waals surface area contributed by atoms with Crippen LogP contribution in [0.15, 0.2) is 47.1 Å². The van der Waals surface area contributed by atoms with Crippen molar-refractivity contribution in [3.63, 3.8) is 0 Å². The van der Waals surface area contributed by atoms with Gasteiger partial charge in [0.15, 0.2) is 11.5 Å². The van der Waals surface area contributed by atoms with Gasteiger partial charge in [0, 0.05) is 24.6 Å². The normalized spacial score (nSPS) is 18.2. The lowest BCUT2D eigenvalue weighted by Crippen LogP contribution is -2.42. The summed E-state index contributed by atoms with van der Waals surface area (Å²) in [6.07, 6.45) is 3.16. The van der Waals surface area contributed by atoms with Crippen LogP contribution in [0, 0.1) is 12.8 Å². The number of amides is 1. The fraction of sp³-hybridized carbons (Fsp3) is 0.333. The number of aryl methyl sites for hydroxylation is 1. The van der Waals surface area contributed by atoms with Crippen LogP contribution < -0.4 is 0 Å². The molecule has 0 N–H and O–H groups in total. The highest BCUT2D eigenvalue weighted by atomic mass is 16.3. The second kappa shape index (κ2) is 6.18. The van der Waals surface area contributed by atoms with E-state index in [0.717, 1.165) is 24.0 Å².